The highest BCUT2D eigenvalue weighted by Gasteiger charge is 2.14. The molecule has 2 aromatic rings. The van der Waals surface area contributed by atoms with Crippen LogP contribution in [0.15, 0.2) is 28.7 Å². The number of nitrogens with two attached hydrogens (primary N) is 1. The first-order valence-electron chi connectivity index (χ1n) is 6.36. The average Bonchev–Trinajstić information content (AvgIpc) is 2.81. The number of aryl methyl sites for hydroxylation is 3. The van der Waals surface area contributed by atoms with Gasteiger partial charge in [-0.25, -0.2) is 4.98 Å². The molecule has 1 aliphatic rings. The van der Waals surface area contributed by atoms with Crippen LogP contribution in [-0.4, -0.2) is 4.98 Å². The molecule has 0 spiro atoms. The molecule has 0 unspecified atom stereocenters. The molecule has 1 aromatic heterocycles. The first-order valence-corrected chi connectivity index (χ1v) is 7.15. The van der Waals surface area contributed by atoms with Gasteiger partial charge in [0.15, 0.2) is 5.75 Å². The van der Waals surface area contributed by atoms with Crippen molar-refractivity contribution in [2.45, 2.75) is 26.2 Å². The van der Waals surface area contributed by atoms with Crippen LogP contribution in [0.25, 0.3) is 0 Å². The number of aromatic nitrogens is 1. The number of halogens is 1. The van der Waals surface area contributed by atoms with Crippen molar-refractivity contribution in [3.63, 3.8) is 0 Å². The van der Waals surface area contributed by atoms with Crippen LogP contribution in [0.3, 0.4) is 0 Å². The predicted octanol–water partition coefficient (Wildman–Crippen LogP) is 4.02. The molecule has 0 saturated heterocycles. The Morgan fingerprint density at radius 2 is 2.11 bits per heavy atom. The Morgan fingerprint density at radius 1 is 1.26 bits per heavy atom. The molecule has 3 nitrogen and oxygen atoms in total. The minimum atomic E-state index is 0.620. The molecule has 2 N–H and O–H groups in total. The predicted molar refractivity (Wildman–Crippen MR) is 79.6 cm³/mol. The highest BCUT2D eigenvalue weighted by Crippen LogP contribution is 2.34. The Labute approximate surface area is 120 Å². The van der Waals surface area contributed by atoms with E-state index >= 15 is 0 Å². The van der Waals surface area contributed by atoms with Crippen LogP contribution in [0.2, 0.25) is 0 Å². The fourth-order valence-electron chi connectivity index (χ4n) is 2.46. The van der Waals surface area contributed by atoms with Gasteiger partial charge in [0.1, 0.15) is 0 Å². The number of hydrogen-bond donors (Lipinski definition) is 1. The third-order valence-corrected chi connectivity index (χ3v) is 3.84. The van der Waals surface area contributed by atoms with Gasteiger partial charge < -0.3 is 10.5 Å². The summed E-state index contributed by atoms with van der Waals surface area (Å²) in [7, 11) is 0. The smallest absolute Gasteiger partial charge is 0.219 e. The van der Waals surface area contributed by atoms with E-state index in [-0.39, 0.29) is 0 Å². The lowest BCUT2D eigenvalue weighted by Gasteiger charge is -2.12. The van der Waals surface area contributed by atoms with Gasteiger partial charge in [0.25, 0.3) is 0 Å². The molecule has 1 aromatic carbocycles. The standard InChI is InChI=1S/C15H15BrN2O/c1-9-7-11(16)8-12(17)15(9)19-14-6-5-10-3-2-4-13(10)18-14/h5-8H,2-4,17H2,1H3. The van der Waals surface area contributed by atoms with Crippen LogP contribution >= 0.6 is 15.9 Å². The number of hydrogen-bond acceptors (Lipinski definition) is 3. The summed E-state index contributed by atoms with van der Waals surface area (Å²) in [4.78, 5) is 4.56. The highest BCUT2D eigenvalue weighted by molar-refractivity contribution is 9.10. The number of anilines is 1. The Balaban J connectivity index is 1.93. The number of pyridine rings is 1. The lowest BCUT2D eigenvalue weighted by molar-refractivity contribution is 0.460. The SMILES string of the molecule is Cc1cc(Br)cc(N)c1Oc1ccc2c(n1)CCC2. The molecule has 1 heterocycles. The Bertz CT molecular complexity index is 617. The third-order valence-electron chi connectivity index (χ3n) is 3.38. The van der Waals surface area contributed by atoms with Crippen LogP contribution < -0.4 is 10.5 Å². The Hall–Kier alpha value is -1.55. The van der Waals surface area contributed by atoms with Crippen LogP contribution in [0.1, 0.15) is 23.2 Å². The highest BCUT2D eigenvalue weighted by atomic mass is 79.9. The van der Waals surface area contributed by atoms with Crippen molar-refractivity contribution < 1.29 is 4.74 Å². The summed E-state index contributed by atoms with van der Waals surface area (Å²) in [6.45, 7) is 1.98. The number of benzene rings is 1. The van der Waals surface area contributed by atoms with Crippen molar-refractivity contribution in [2.75, 3.05) is 5.73 Å². The van der Waals surface area contributed by atoms with Gasteiger partial charge in [-0.05, 0) is 49.4 Å². The monoisotopic (exact) mass is 318 g/mol. The zero-order chi connectivity index (χ0) is 13.4. The molecule has 19 heavy (non-hydrogen) atoms. The first kappa shape index (κ1) is 12.5. The number of rotatable bonds is 2. The van der Waals surface area contributed by atoms with Crippen LogP contribution in [0.5, 0.6) is 11.6 Å². The molecule has 1 aliphatic carbocycles. The summed E-state index contributed by atoms with van der Waals surface area (Å²) in [5.74, 6) is 1.31. The molecular formula is C15H15BrN2O. The molecule has 3 rings (SSSR count). The van der Waals surface area contributed by atoms with Gasteiger partial charge in [0, 0.05) is 16.2 Å². The molecule has 0 fully saturated rings. The lowest BCUT2D eigenvalue weighted by Crippen LogP contribution is -1.98. The van der Waals surface area contributed by atoms with Crippen molar-refractivity contribution >= 4 is 21.6 Å². The summed E-state index contributed by atoms with van der Waals surface area (Å²) in [5, 5.41) is 0. The minimum absolute atomic E-state index is 0.620. The van der Waals surface area contributed by atoms with E-state index in [1.165, 1.54) is 12.0 Å². The van der Waals surface area contributed by atoms with Gasteiger partial charge in [0.2, 0.25) is 5.88 Å². The second-order valence-corrected chi connectivity index (χ2v) is 5.77. The van der Waals surface area contributed by atoms with Crippen LogP contribution in [0, 0.1) is 6.92 Å². The van der Waals surface area contributed by atoms with E-state index < -0.39 is 0 Å². The molecule has 0 amide bonds. The van der Waals surface area contributed by atoms with Gasteiger partial charge in [-0.3, -0.25) is 0 Å². The van der Waals surface area contributed by atoms with Crippen molar-refractivity contribution in [3.05, 3.63) is 45.6 Å². The quantitative estimate of drug-likeness (QED) is 0.851. The molecule has 0 radical (unpaired) electrons. The molecule has 0 atom stereocenters. The summed E-state index contributed by atoms with van der Waals surface area (Å²) in [6.07, 6.45) is 3.36. The van der Waals surface area contributed by atoms with Gasteiger partial charge in [0.05, 0.1) is 5.69 Å². The fraction of sp³-hybridized carbons (Fsp3) is 0.267. The van der Waals surface area contributed by atoms with E-state index in [9.17, 15) is 0 Å². The van der Waals surface area contributed by atoms with E-state index in [0.29, 0.717) is 17.3 Å². The van der Waals surface area contributed by atoms with E-state index in [2.05, 4.69) is 27.0 Å². The van der Waals surface area contributed by atoms with Gasteiger partial charge in [-0.2, -0.15) is 0 Å². The van der Waals surface area contributed by atoms with Gasteiger partial charge in [-0.1, -0.05) is 22.0 Å². The van der Waals surface area contributed by atoms with Gasteiger partial charge in [-0.15, -0.1) is 0 Å². The zero-order valence-electron chi connectivity index (χ0n) is 10.7. The summed E-state index contributed by atoms with van der Waals surface area (Å²) in [5.41, 5.74) is 10.1. The Kier molecular flexibility index (Phi) is 3.19. The number of ether oxygens (including phenoxy) is 1. The molecule has 4 heteroatoms. The minimum Gasteiger partial charge on any atom is -0.437 e. The third kappa shape index (κ3) is 2.45. The second-order valence-electron chi connectivity index (χ2n) is 4.85. The van der Waals surface area contributed by atoms with E-state index in [1.807, 2.05) is 25.1 Å². The van der Waals surface area contributed by atoms with E-state index in [4.69, 9.17) is 10.5 Å². The first-order chi connectivity index (χ1) is 9.13. The topological polar surface area (TPSA) is 48.1 Å². The molecule has 0 bridgehead atoms. The zero-order valence-corrected chi connectivity index (χ0v) is 12.3. The molecular weight excluding hydrogens is 304 g/mol. The maximum Gasteiger partial charge on any atom is 0.219 e. The Morgan fingerprint density at radius 3 is 2.89 bits per heavy atom. The van der Waals surface area contributed by atoms with Gasteiger partial charge >= 0.3 is 0 Å². The molecule has 0 aliphatic heterocycles. The number of fused-ring (bicyclic) bond motifs is 1. The van der Waals surface area contributed by atoms with Crippen LogP contribution in [-0.2, 0) is 12.8 Å². The normalized spacial score (nSPS) is 13.4. The fourth-order valence-corrected chi connectivity index (χ4v) is 3.05. The lowest BCUT2D eigenvalue weighted by atomic mass is 10.2. The summed E-state index contributed by atoms with van der Waals surface area (Å²) in [6, 6.07) is 7.86. The van der Waals surface area contributed by atoms with Crippen LogP contribution in [0.4, 0.5) is 5.69 Å². The number of nitrogen functional groups attached to an aromatic ring is 1. The van der Waals surface area contributed by atoms with E-state index in [0.717, 1.165) is 28.6 Å². The number of nitrogens with zero attached hydrogens (tertiary/aromatic N) is 1. The summed E-state index contributed by atoms with van der Waals surface area (Å²) >= 11 is 3.42. The maximum atomic E-state index is 6.00. The van der Waals surface area contributed by atoms with Crippen molar-refractivity contribution in [1.82, 2.24) is 4.98 Å². The largest absolute Gasteiger partial charge is 0.437 e. The molecule has 0 saturated carbocycles. The van der Waals surface area contributed by atoms with Crippen molar-refractivity contribution in [2.24, 2.45) is 0 Å². The summed E-state index contributed by atoms with van der Waals surface area (Å²) < 4.78 is 6.82. The van der Waals surface area contributed by atoms with Crippen molar-refractivity contribution in [1.29, 1.82) is 0 Å². The maximum absolute atomic E-state index is 6.00. The van der Waals surface area contributed by atoms with Crippen molar-refractivity contribution in [3.8, 4) is 11.6 Å². The second kappa shape index (κ2) is 4.85. The van der Waals surface area contributed by atoms with E-state index in [1.54, 1.807) is 0 Å². The average molecular weight is 319 g/mol. The molecule has 98 valence electrons.